The maximum Gasteiger partial charge on any atom is 0.252 e. The summed E-state index contributed by atoms with van der Waals surface area (Å²) in [4.78, 5) is 82.9. The van der Waals surface area contributed by atoms with E-state index >= 15 is 0 Å². The molecule has 0 unspecified atom stereocenters. The van der Waals surface area contributed by atoms with Gasteiger partial charge in [0.2, 0.25) is 29.5 Å². The predicted molar refractivity (Wildman–Crippen MR) is 218 cm³/mol. The number of hydrogen-bond donors (Lipinski definition) is 11. The minimum Gasteiger partial charge on any atom is -0.508 e. The van der Waals surface area contributed by atoms with Crippen LogP contribution in [-0.2, 0) is 36.8 Å². The Bertz CT molecular complexity index is 2070. The molecule has 3 aromatic carbocycles. The van der Waals surface area contributed by atoms with Crippen molar-refractivity contribution in [3.63, 3.8) is 0 Å². The molecule has 308 valence electrons. The van der Waals surface area contributed by atoms with Crippen molar-refractivity contribution in [1.29, 1.82) is 5.41 Å². The Morgan fingerprint density at radius 1 is 0.741 bits per heavy atom. The third-order valence-electron chi connectivity index (χ3n) is 9.17. The molecule has 0 radical (unpaired) electrons. The number of H-pyrrole nitrogens is 1. The van der Waals surface area contributed by atoms with E-state index in [4.69, 9.17) is 16.9 Å². The number of guanidine groups is 1. The zero-order chi connectivity index (χ0) is 42.2. The molecule has 0 spiro atoms. The predicted octanol–water partition coefficient (Wildman–Crippen LogP) is 0.823. The second-order valence-electron chi connectivity index (χ2n) is 14.3. The lowest BCUT2D eigenvalue weighted by Gasteiger charge is -2.26. The number of phenolic OH excluding ortho intramolecular Hbond substituents is 1. The summed E-state index contributed by atoms with van der Waals surface area (Å²) in [7, 11) is 0. The summed E-state index contributed by atoms with van der Waals surface area (Å²) < 4.78 is 0. The largest absolute Gasteiger partial charge is 0.508 e. The van der Waals surface area contributed by atoms with E-state index in [2.05, 4.69) is 36.9 Å². The Hall–Kier alpha value is -6.91. The Kier molecular flexibility index (Phi) is 16.2. The van der Waals surface area contributed by atoms with Gasteiger partial charge in [0.1, 0.15) is 29.9 Å². The topological polar surface area (TPSA) is 287 Å². The Morgan fingerprint density at radius 3 is 2.12 bits per heavy atom. The molecule has 0 saturated heterocycles. The number of nitrogens with one attached hydrogen (secondary N) is 8. The number of aromatic nitrogens is 1. The Balaban J connectivity index is 1.43. The second kappa shape index (κ2) is 21.4. The van der Waals surface area contributed by atoms with Gasteiger partial charge in [0.25, 0.3) is 5.91 Å². The first-order valence-corrected chi connectivity index (χ1v) is 18.9. The minimum absolute atomic E-state index is 0.0753. The summed E-state index contributed by atoms with van der Waals surface area (Å²) in [6, 6.07) is 17.5. The lowest BCUT2D eigenvalue weighted by molar-refractivity contribution is -0.133. The molecule has 4 aromatic rings. The molecule has 0 saturated carbocycles. The third-order valence-corrected chi connectivity index (χ3v) is 9.17. The van der Waals surface area contributed by atoms with Crippen LogP contribution in [0.15, 0.2) is 85.1 Å². The number of fused-ring (bicyclic) bond motifs is 1. The van der Waals surface area contributed by atoms with E-state index in [-0.39, 0.29) is 55.4 Å². The first-order chi connectivity index (χ1) is 27.7. The molecule has 4 rings (SSSR count). The molecule has 17 heteroatoms. The number of rotatable bonds is 21. The van der Waals surface area contributed by atoms with Crippen molar-refractivity contribution >= 4 is 52.3 Å². The molecule has 13 N–H and O–H groups in total. The van der Waals surface area contributed by atoms with Crippen LogP contribution in [0.3, 0.4) is 0 Å². The molecule has 58 heavy (non-hydrogen) atoms. The lowest BCUT2D eigenvalue weighted by Crippen LogP contribution is -2.57. The first-order valence-electron chi connectivity index (χ1n) is 18.9. The van der Waals surface area contributed by atoms with Crippen LogP contribution in [0.25, 0.3) is 10.9 Å². The molecule has 0 aliphatic heterocycles. The fourth-order valence-electron chi connectivity index (χ4n) is 6.27. The van der Waals surface area contributed by atoms with Crippen LogP contribution in [0.5, 0.6) is 5.75 Å². The van der Waals surface area contributed by atoms with Gasteiger partial charge < -0.3 is 53.5 Å². The number of para-hydroxylation sites is 1. The summed E-state index contributed by atoms with van der Waals surface area (Å²) in [6.07, 6.45) is 2.46. The fraction of sp³-hybridized carbons (Fsp3) is 0.341. The summed E-state index contributed by atoms with van der Waals surface area (Å²) in [5.74, 6) is -4.59. The van der Waals surface area contributed by atoms with E-state index in [0.717, 1.165) is 22.0 Å². The van der Waals surface area contributed by atoms with Crippen LogP contribution in [0, 0.1) is 11.3 Å². The highest BCUT2D eigenvalue weighted by molar-refractivity contribution is 5.99. The van der Waals surface area contributed by atoms with Crippen molar-refractivity contribution in [3.8, 4) is 5.75 Å². The second-order valence-corrected chi connectivity index (χ2v) is 14.3. The fourth-order valence-corrected chi connectivity index (χ4v) is 6.27. The van der Waals surface area contributed by atoms with Gasteiger partial charge in [-0.15, -0.1) is 0 Å². The standard InChI is InChI=1S/C41H52N10O7/c1-24(2)18-33(48-35(53)23-47-38(56)34(19-25-10-4-3-5-11-25)51-37(55)26-12-8-13-28(52)20-26)40(58)49-31(16-9-17-45-41(43)44)39(57)50-32(36(42)54)21-27-22-46-30-15-7-6-14-29(27)30/h3-8,10-15,20,22,24,31-34,46,52H,9,16-19,21,23H2,1-2H3,(H2,42,54)(H,47,56)(H,48,53)(H,49,58)(H,50,57)(H,51,55)(H4,43,44,45)/t31-,32-,33-,34-/m0/s1. The summed E-state index contributed by atoms with van der Waals surface area (Å²) in [5, 5.41) is 34.0. The number of aromatic hydroxyl groups is 1. The number of amides is 6. The van der Waals surface area contributed by atoms with Gasteiger partial charge in [-0.25, -0.2) is 0 Å². The molecule has 6 amide bonds. The normalized spacial score (nSPS) is 13.0. The number of benzene rings is 3. The van der Waals surface area contributed by atoms with Crippen molar-refractivity contribution in [2.45, 2.75) is 70.1 Å². The number of hydrogen-bond acceptors (Lipinski definition) is 8. The van der Waals surface area contributed by atoms with Crippen LogP contribution in [-0.4, -0.2) is 88.8 Å². The van der Waals surface area contributed by atoms with Gasteiger partial charge in [0.15, 0.2) is 5.96 Å². The van der Waals surface area contributed by atoms with E-state index in [1.165, 1.54) is 24.3 Å². The van der Waals surface area contributed by atoms with Crippen LogP contribution in [0.4, 0.5) is 0 Å². The SMILES string of the molecule is CC(C)C[C@H](NC(=O)CNC(=O)[C@H](Cc1ccccc1)NC(=O)c1cccc(O)c1)C(=O)N[C@@H](CCCNC(=N)N)C(=O)N[C@@H](Cc1c[nH]c2ccccc12)C(N)=O. The molecule has 17 nitrogen and oxygen atoms in total. The van der Waals surface area contributed by atoms with Crippen LogP contribution < -0.4 is 43.4 Å². The van der Waals surface area contributed by atoms with Crippen LogP contribution >= 0.6 is 0 Å². The number of phenols is 1. The van der Waals surface area contributed by atoms with Gasteiger partial charge in [-0.2, -0.15) is 0 Å². The average molecular weight is 797 g/mol. The number of nitrogens with two attached hydrogens (primary N) is 2. The van der Waals surface area contributed by atoms with E-state index in [1.807, 2.05) is 44.2 Å². The maximum atomic E-state index is 13.8. The number of aromatic amines is 1. The first kappa shape index (κ1) is 43.8. The number of carbonyl (C=O) groups excluding carboxylic acids is 6. The van der Waals surface area contributed by atoms with Crippen molar-refractivity contribution in [2.75, 3.05) is 13.1 Å². The summed E-state index contributed by atoms with van der Waals surface area (Å²) in [5.41, 5.74) is 13.6. The van der Waals surface area contributed by atoms with Gasteiger partial charge in [0, 0.05) is 42.0 Å². The zero-order valence-corrected chi connectivity index (χ0v) is 32.5. The molecular formula is C41H52N10O7. The van der Waals surface area contributed by atoms with Crippen LogP contribution in [0.1, 0.15) is 54.6 Å². The highest BCUT2D eigenvalue weighted by Gasteiger charge is 2.30. The van der Waals surface area contributed by atoms with Crippen molar-refractivity contribution in [1.82, 2.24) is 36.9 Å². The lowest BCUT2D eigenvalue weighted by atomic mass is 10.0. The summed E-state index contributed by atoms with van der Waals surface area (Å²) in [6.45, 7) is 3.37. The highest BCUT2D eigenvalue weighted by atomic mass is 16.3. The number of carbonyl (C=O) groups is 6. The van der Waals surface area contributed by atoms with Crippen molar-refractivity contribution in [3.05, 3.63) is 102 Å². The molecular weight excluding hydrogens is 745 g/mol. The van der Waals surface area contributed by atoms with Gasteiger partial charge >= 0.3 is 0 Å². The van der Waals surface area contributed by atoms with E-state index in [1.54, 1.807) is 30.5 Å². The van der Waals surface area contributed by atoms with Crippen molar-refractivity contribution < 1.29 is 33.9 Å². The molecule has 4 atom stereocenters. The Morgan fingerprint density at radius 2 is 1.43 bits per heavy atom. The summed E-state index contributed by atoms with van der Waals surface area (Å²) >= 11 is 0. The number of primary amides is 1. The van der Waals surface area contributed by atoms with E-state index in [9.17, 15) is 33.9 Å². The van der Waals surface area contributed by atoms with Gasteiger partial charge in [0.05, 0.1) is 6.54 Å². The Labute approximate surface area is 336 Å². The molecule has 0 fully saturated rings. The molecule has 0 aliphatic carbocycles. The van der Waals surface area contributed by atoms with E-state index in [0.29, 0.717) is 6.42 Å². The third kappa shape index (κ3) is 13.7. The highest BCUT2D eigenvalue weighted by Crippen LogP contribution is 2.19. The average Bonchev–Trinajstić information content (AvgIpc) is 3.59. The van der Waals surface area contributed by atoms with Gasteiger partial charge in [-0.05, 0) is 60.6 Å². The zero-order valence-electron chi connectivity index (χ0n) is 32.5. The molecule has 0 aliphatic rings. The van der Waals surface area contributed by atoms with Crippen molar-refractivity contribution in [2.24, 2.45) is 17.4 Å². The smallest absolute Gasteiger partial charge is 0.252 e. The van der Waals surface area contributed by atoms with E-state index < -0.39 is 66.2 Å². The van der Waals surface area contributed by atoms with Gasteiger partial charge in [-0.3, -0.25) is 34.2 Å². The molecule has 0 bridgehead atoms. The molecule has 1 aromatic heterocycles. The molecule has 1 heterocycles. The minimum atomic E-state index is -1.17. The quantitative estimate of drug-likeness (QED) is 0.0323. The van der Waals surface area contributed by atoms with Crippen LogP contribution in [0.2, 0.25) is 0 Å². The maximum absolute atomic E-state index is 13.8. The monoisotopic (exact) mass is 796 g/mol. The van der Waals surface area contributed by atoms with Gasteiger partial charge in [-0.1, -0.05) is 68.4 Å².